The molecule has 1 aromatic heterocycles. The van der Waals surface area contributed by atoms with Crippen molar-refractivity contribution in [2.24, 2.45) is 0 Å². The number of halogens is 2. The van der Waals surface area contributed by atoms with E-state index in [0.29, 0.717) is 18.2 Å². The molecular weight excluding hydrogens is 463 g/mol. The van der Waals surface area contributed by atoms with Gasteiger partial charge in [0.05, 0.1) is 8.55 Å². The first-order chi connectivity index (χ1) is 14.7. The molecule has 2 N–H and O–H groups in total. The Kier molecular flexibility index (Phi) is 8.12. The third kappa shape index (κ3) is 6.54. The van der Waals surface area contributed by atoms with E-state index in [9.17, 15) is 14.0 Å². The van der Waals surface area contributed by atoms with Crippen molar-refractivity contribution in [1.29, 1.82) is 0 Å². The highest BCUT2D eigenvalue weighted by molar-refractivity contribution is 8.01. The number of aliphatic carboxylic acids is 2. The normalized spacial score (nSPS) is 19.1. The van der Waals surface area contributed by atoms with E-state index in [2.05, 4.69) is 22.9 Å². The highest BCUT2D eigenvalue weighted by Crippen LogP contribution is 2.48. The number of hydrogen-bond donors (Lipinski definition) is 2. The first kappa shape index (κ1) is 23.7. The zero-order valence-corrected chi connectivity index (χ0v) is 19.1. The van der Waals surface area contributed by atoms with Gasteiger partial charge >= 0.3 is 11.9 Å². The van der Waals surface area contributed by atoms with Crippen molar-refractivity contribution in [2.45, 2.75) is 21.6 Å². The van der Waals surface area contributed by atoms with E-state index < -0.39 is 11.9 Å². The number of carbonyl (C=O) groups is 2. The number of likely N-dealkylation sites (N-methyl/N-ethyl adjacent to an activating group) is 1. The molecule has 0 saturated carbocycles. The number of hydrogen-bond acceptors (Lipinski definition) is 6. The van der Waals surface area contributed by atoms with Crippen LogP contribution in [0.3, 0.4) is 0 Å². The van der Waals surface area contributed by atoms with E-state index in [4.69, 9.17) is 21.8 Å². The van der Waals surface area contributed by atoms with Gasteiger partial charge in [-0.1, -0.05) is 29.4 Å². The Morgan fingerprint density at radius 3 is 2.39 bits per heavy atom. The van der Waals surface area contributed by atoms with E-state index in [0.717, 1.165) is 41.8 Å². The molecular formula is C21H22ClFN2O4S2. The molecule has 2 aromatic rings. The molecule has 1 unspecified atom stereocenters. The minimum Gasteiger partial charge on any atom is -0.478 e. The second kappa shape index (κ2) is 10.6. The Labute approximate surface area is 192 Å². The van der Waals surface area contributed by atoms with Crippen molar-refractivity contribution in [2.75, 3.05) is 33.2 Å². The van der Waals surface area contributed by atoms with E-state index in [1.807, 2.05) is 6.07 Å². The molecule has 1 fully saturated rings. The largest absolute Gasteiger partial charge is 0.478 e. The van der Waals surface area contributed by atoms with Crippen LogP contribution in [0.25, 0.3) is 0 Å². The van der Waals surface area contributed by atoms with Gasteiger partial charge in [0.2, 0.25) is 0 Å². The Morgan fingerprint density at radius 1 is 1.13 bits per heavy atom. The van der Waals surface area contributed by atoms with Crippen molar-refractivity contribution < 1.29 is 24.2 Å². The molecule has 10 heteroatoms. The summed E-state index contributed by atoms with van der Waals surface area (Å²) in [5.74, 6) is -2.68. The van der Waals surface area contributed by atoms with Crippen molar-refractivity contribution in [3.05, 3.63) is 57.7 Å². The summed E-state index contributed by atoms with van der Waals surface area (Å²) < 4.78 is 15.7. The van der Waals surface area contributed by atoms with Crippen LogP contribution >= 0.6 is 34.7 Å². The molecule has 0 amide bonds. The average molecular weight is 485 g/mol. The minimum absolute atomic E-state index is 0.168. The first-order valence-electron chi connectivity index (χ1n) is 9.55. The Bertz CT molecular complexity index is 974. The van der Waals surface area contributed by atoms with Crippen molar-refractivity contribution >= 4 is 46.6 Å². The zero-order valence-electron chi connectivity index (χ0n) is 16.8. The molecule has 6 nitrogen and oxygen atoms in total. The van der Waals surface area contributed by atoms with Gasteiger partial charge < -0.3 is 15.1 Å². The van der Waals surface area contributed by atoms with Gasteiger partial charge in [-0.3, -0.25) is 4.90 Å². The summed E-state index contributed by atoms with van der Waals surface area (Å²) >= 11 is 9.57. The highest BCUT2D eigenvalue weighted by Gasteiger charge is 2.31. The third-order valence-corrected chi connectivity index (χ3v) is 7.64. The van der Waals surface area contributed by atoms with Crippen LogP contribution in [-0.2, 0) is 16.0 Å². The van der Waals surface area contributed by atoms with Crippen LogP contribution in [-0.4, -0.2) is 65.2 Å². The second-order valence-corrected chi connectivity index (χ2v) is 10.2. The summed E-state index contributed by atoms with van der Waals surface area (Å²) in [6.07, 6.45) is 2.04. The summed E-state index contributed by atoms with van der Waals surface area (Å²) in [6, 6.07) is 7.62. The maximum Gasteiger partial charge on any atom is 0.328 e. The van der Waals surface area contributed by atoms with Gasteiger partial charge in [0.1, 0.15) is 5.82 Å². The fourth-order valence-corrected chi connectivity index (χ4v) is 6.32. The van der Waals surface area contributed by atoms with Crippen molar-refractivity contribution in [3.8, 4) is 0 Å². The maximum atomic E-state index is 13.7. The summed E-state index contributed by atoms with van der Waals surface area (Å²) in [6.45, 7) is 4.31. The number of carboxylic acid groups (broad SMARTS) is 2. The lowest BCUT2D eigenvalue weighted by Crippen LogP contribution is -2.46. The molecule has 31 heavy (non-hydrogen) atoms. The van der Waals surface area contributed by atoms with Gasteiger partial charge in [0.25, 0.3) is 0 Å². The van der Waals surface area contributed by atoms with Crippen LogP contribution in [0.15, 0.2) is 45.5 Å². The van der Waals surface area contributed by atoms with E-state index in [1.54, 1.807) is 35.2 Å². The quantitative estimate of drug-likeness (QED) is 0.630. The number of piperazine rings is 1. The van der Waals surface area contributed by atoms with Crippen LogP contribution in [0.4, 0.5) is 4.39 Å². The van der Waals surface area contributed by atoms with E-state index in [-0.39, 0.29) is 5.82 Å². The standard InChI is InChI=1S/C17H18ClFN2S2.C4H4O4/c1-20-4-6-21(7-5-20)14-8-11-2-3-12(19)9-15(11)22-17-13(14)10-16(18)23-17;5-3(6)1-2-4(7)8/h2-3,9-10,14H,4-8H2,1H3;1-2H,(H,5,6)(H,7,8)/b;2-1-. The van der Waals surface area contributed by atoms with E-state index >= 15 is 0 Å². The lowest BCUT2D eigenvalue weighted by molar-refractivity contribution is -0.134. The van der Waals surface area contributed by atoms with Crippen LogP contribution in [0, 0.1) is 5.82 Å². The smallest absolute Gasteiger partial charge is 0.328 e. The number of carboxylic acids is 2. The predicted molar refractivity (Wildman–Crippen MR) is 120 cm³/mol. The van der Waals surface area contributed by atoms with Crippen molar-refractivity contribution in [3.63, 3.8) is 0 Å². The summed E-state index contributed by atoms with van der Waals surface area (Å²) in [4.78, 5) is 25.1. The van der Waals surface area contributed by atoms with Gasteiger partial charge in [-0.05, 0) is 42.8 Å². The molecule has 1 aromatic carbocycles. The summed E-state index contributed by atoms with van der Waals surface area (Å²) in [5.41, 5.74) is 2.55. The zero-order chi connectivity index (χ0) is 22.5. The molecule has 2 aliphatic rings. The molecule has 0 radical (unpaired) electrons. The monoisotopic (exact) mass is 484 g/mol. The minimum atomic E-state index is -1.26. The fraction of sp³-hybridized carbons (Fsp3) is 0.333. The van der Waals surface area contributed by atoms with Gasteiger partial charge in [0, 0.05) is 49.3 Å². The third-order valence-electron chi connectivity index (χ3n) is 5.05. The highest BCUT2D eigenvalue weighted by atomic mass is 35.5. The number of thiophene rings is 1. The molecule has 2 aliphatic heterocycles. The number of rotatable bonds is 3. The molecule has 1 saturated heterocycles. The van der Waals surface area contributed by atoms with Crippen LogP contribution < -0.4 is 0 Å². The van der Waals surface area contributed by atoms with Gasteiger partial charge in [-0.15, -0.1) is 11.3 Å². The fourth-order valence-electron chi connectivity index (χ4n) is 3.48. The predicted octanol–water partition coefficient (Wildman–Crippen LogP) is 4.25. The molecule has 0 bridgehead atoms. The van der Waals surface area contributed by atoms with Crippen LogP contribution in [0.2, 0.25) is 4.34 Å². The molecule has 4 rings (SSSR count). The Balaban J connectivity index is 0.000000293. The molecule has 0 aliphatic carbocycles. The summed E-state index contributed by atoms with van der Waals surface area (Å²) in [5, 5.41) is 15.6. The van der Waals surface area contributed by atoms with Gasteiger partial charge in [0.15, 0.2) is 0 Å². The second-order valence-electron chi connectivity index (χ2n) is 7.22. The van der Waals surface area contributed by atoms with Crippen molar-refractivity contribution in [1.82, 2.24) is 9.80 Å². The number of fused-ring (bicyclic) bond motifs is 2. The topological polar surface area (TPSA) is 81.1 Å². The Morgan fingerprint density at radius 2 is 1.77 bits per heavy atom. The first-order valence-corrected chi connectivity index (χ1v) is 11.6. The lowest BCUT2D eigenvalue weighted by atomic mass is 9.99. The van der Waals surface area contributed by atoms with Crippen LogP contribution in [0.1, 0.15) is 17.2 Å². The van der Waals surface area contributed by atoms with Gasteiger partial charge in [-0.2, -0.15) is 0 Å². The number of nitrogens with zero attached hydrogens (tertiary/aromatic N) is 2. The van der Waals surface area contributed by atoms with E-state index in [1.165, 1.54) is 15.3 Å². The SMILES string of the molecule is CN1CCN(C2Cc3ccc(F)cc3Sc3sc(Cl)cc32)CC1.O=C(O)/C=C\C(=O)O. The van der Waals surface area contributed by atoms with Crippen LogP contribution in [0.5, 0.6) is 0 Å². The van der Waals surface area contributed by atoms with Gasteiger partial charge in [-0.25, -0.2) is 14.0 Å². The molecule has 3 heterocycles. The number of benzene rings is 1. The molecule has 0 spiro atoms. The molecule has 1 atom stereocenters. The average Bonchev–Trinajstić information content (AvgIpc) is 3.00. The maximum absolute atomic E-state index is 13.7. The molecule has 166 valence electrons. The lowest BCUT2D eigenvalue weighted by Gasteiger charge is -2.38. The Hall–Kier alpha value is -1.91. The summed E-state index contributed by atoms with van der Waals surface area (Å²) in [7, 11) is 2.17.